The number of carboxylic acid groups (broad SMARTS) is 1. The molecule has 0 saturated heterocycles. The number of carbonyl (C=O) groups is 2. The summed E-state index contributed by atoms with van der Waals surface area (Å²) in [6, 6.07) is 0.140. The average Bonchev–Trinajstić information content (AvgIpc) is 2.76. The molecule has 4 N–H and O–H groups in total. The third kappa shape index (κ3) is 3.02. The van der Waals surface area contributed by atoms with Gasteiger partial charge in [0.15, 0.2) is 0 Å². The van der Waals surface area contributed by atoms with Gasteiger partial charge >= 0.3 is 5.97 Å². The van der Waals surface area contributed by atoms with Crippen molar-refractivity contribution in [3.63, 3.8) is 0 Å². The van der Waals surface area contributed by atoms with Crippen LogP contribution in [0.25, 0.3) is 0 Å². The number of carboxylic acids is 1. The predicted octanol–water partition coefficient (Wildman–Crippen LogP) is 0.873. The maximum absolute atomic E-state index is 12.0. The Hall–Kier alpha value is -1.10. The van der Waals surface area contributed by atoms with Crippen LogP contribution in [-0.4, -0.2) is 29.1 Å². The van der Waals surface area contributed by atoms with Crippen LogP contribution in [0.1, 0.15) is 44.9 Å². The van der Waals surface area contributed by atoms with Gasteiger partial charge in [0.2, 0.25) is 5.91 Å². The van der Waals surface area contributed by atoms with Crippen molar-refractivity contribution in [3.05, 3.63) is 0 Å². The molecule has 2 unspecified atom stereocenters. The molecule has 0 aliphatic heterocycles. The van der Waals surface area contributed by atoms with Crippen LogP contribution >= 0.6 is 0 Å². The summed E-state index contributed by atoms with van der Waals surface area (Å²) in [6.45, 7) is 0. The summed E-state index contributed by atoms with van der Waals surface area (Å²) in [7, 11) is 0. The van der Waals surface area contributed by atoms with Crippen LogP contribution in [0.4, 0.5) is 0 Å². The molecule has 1 amide bonds. The third-order valence-corrected chi connectivity index (χ3v) is 4.33. The first-order valence-corrected chi connectivity index (χ1v) is 6.86. The maximum atomic E-state index is 12.0. The highest BCUT2D eigenvalue weighted by Crippen LogP contribution is 2.27. The van der Waals surface area contributed by atoms with E-state index in [9.17, 15) is 9.59 Å². The van der Waals surface area contributed by atoms with Crippen LogP contribution in [-0.2, 0) is 9.59 Å². The van der Waals surface area contributed by atoms with Crippen LogP contribution in [0.5, 0.6) is 0 Å². The number of nitrogens with two attached hydrogens (primary N) is 1. The molecule has 0 aromatic heterocycles. The van der Waals surface area contributed by atoms with Gasteiger partial charge in [-0.15, -0.1) is 0 Å². The fourth-order valence-electron chi connectivity index (χ4n) is 3.11. The standard InChI is InChI=1S/C13H22N2O3/c14-11-3-1-2-10(11)12(16)15-9-6-4-8(5-7-9)13(17)18/h8-11H,1-7,14H2,(H,15,16)(H,17,18). The van der Waals surface area contributed by atoms with Crippen LogP contribution in [0.2, 0.25) is 0 Å². The second-order valence-corrected chi connectivity index (χ2v) is 5.60. The van der Waals surface area contributed by atoms with Crippen molar-refractivity contribution in [2.75, 3.05) is 0 Å². The van der Waals surface area contributed by atoms with E-state index in [2.05, 4.69) is 5.32 Å². The monoisotopic (exact) mass is 254 g/mol. The lowest BCUT2D eigenvalue weighted by molar-refractivity contribution is -0.142. The Morgan fingerprint density at radius 3 is 2.22 bits per heavy atom. The number of aliphatic carboxylic acids is 1. The molecule has 5 heteroatoms. The first-order chi connectivity index (χ1) is 8.58. The molecule has 2 saturated carbocycles. The van der Waals surface area contributed by atoms with Gasteiger partial charge in [0.05, 0.1) is 11.8 Å². The molecule has 2 aliphatic rings. The number of nitrogens with one attached hydrogen (secondary N) is 1. The molecular weight excluding hydrogens is 232 g/mol. The minimum atomic E-state index is -0.711. The minimum Gasteiger partial charge on any atom is -0.481 e. The maximum Gasteiger partial charge on any atom is 0.306 e. The fraction of sp³-hybridized carbons (Fsp3) is 0.846. The summed E-state index contributed by atoms with van der Waals surface area (Å²) >= 11 is 0. The highest BCUT2D eigenvalue weighted by atomic mass is 16.4. The molecule has 18 heavy (non-hydrogen) atoms. The molecule has 0 radical (unpaired) electrons. The summed E-state index contributed by atoms with van der Waals surface area (Å²) in [6.07, 6.45) is 5.72. The Morgan fingerprint density at radius 2 is 1.72 bits per heavy atom. The van der Waals surface area contributed by atoms with Crippen molar-refractivity contribution in [2.45, 2.75) is 57.0 Å². The van der Waals surface area contributed by atoms with Crippen molar-refractivity contribution in [1.82, 2.24) is 5.32 Å². The van der Waals surface area contributed by atoms with E-state index >= 15 is 0 Å². The molecule has 102 valence electrons. The van der Waals surface area contributed by atoms with Gasteiger partial charge in [-0.2, -0.15) is 0 Å². The summed E-state index contributed by atoms with van der Waals surface area (Å²) in [5.74, 6) is -0.912. The lowest BCUT2D eigenvalue weighted by Gasteiger charge is -2.28. The van der Waals surface area contributed by atoms with Crippen LogP contribution < -0.4 is 11.1 Å². The lowest BCUT2D eigenvalue weighted by Crippen LogP contribution is -2.45. The molecule has 0 heterocycles. The highest BCUT2D eigenvalue weighted by Gasteiger charge is 2.33. The quantitative estimate of drug-likeness (QED) is 0.697. The number of amides is 1. The number of hydrogen-bond acceptors (Lipinski definition) is 3. The molecule has 2 fully saturated rings. The van der Waals surface area contributed by atoms with Gasteiger partial charge in [-0.25, -0.2) is 0 Å². The SMILES string of the molecule is NC1CCCC1C(=O)NC1CCC(C(=O)O)CC1. The Balaban J connectivity index is 1.77. The van der Waals surface area contributed by atoms with E-state index in [4.69, 9.17) is 10.8 Å². The summed E-state index contributed by atoms with van der Waals surface area (Å²) in [4.78, 5) is 22.9. The normalized spacial score (nSPS) is 36.3. The topological polar surface area (TPSA) is 92.4 Å². The first kappa shape index (κ1) is 13.3. The van der Waals surface area contributed by atoms with E-state index in [1.807, 2.05) is 0 Å². The van der Waals surface area contributed by atoms with Gasteiger partial charge in [-0.1, -0.05) is 6.42 Å². The molecule has 0 aromatic rings. The Kier molecular flexibility index (Phi) is 4.22. The molecule has 2 atom stereocenters. The molecule has 0 aromatic carbocycles. The molecule has 0 spiro atoms. The van der Waals surface area contributed by atoms with E-state index in [1.165, 1.54) is 0 Å². The van der Waals surface area contributed by atoms with Crippen molar-refractivity contribution >= 4 is 11.9 Å². The van der Waals surface area contributed by atoms with Gasteiger partial charge in [-0.3, -0.25) is 9.59 Å². The zero-order chi connectivity index (χ0) is 13.1. The first-order valence-electron chi connectivity index (χ1n) is 6.86. The summed E-state index contributed by atoms with van der Waals surface area (Å²) in [5, 5.41) is 11.9. The van der Waals surface area contributed by atoms with Gasteiger partial charge in [0.1, 0.15) is 0 Å². The van der Waals surface area contributed by atoms with E-state index in [0.29, 0.717) is 12.8 Å². The van der Waals surface area contributed by atoms with Crippen molar-refractivity contribution < 1.29 is 14.7 Å². The Morgan fingerprint density at radius 1 is 1.06 bits per heavy atom. The molecule has 2 rings (SSSR count). The van der Waals surface area contributed by atoms with Gasteiger partial charge in [-0.05, 0) is 38.5 Å². The van der Waals surface area contributed by atoms with E-state index < -0.39 is 5.97 Å². The molecular formula is C13H22N2O3. The molecule has 5 nitrogen and oxygen atoms in total. The summed E-state index contributed by atoms with van der Waals surface area (Å²) < 4.78 is 0. The highest BCUT2D eigenvalue weighted by molar-refractivity contribution is 5.80. The largest absolute Gasteiger partial charge is 0.481 e. The van der Waals surface area contributed by atoms with Gasteiger partial charge in [0.25, 0.3) is 0 Å². The molecule has 2 aliphatic carbocycles. The van der Waals surface area contributed by atoms with Gasteiger partial charge < -0.3 is 16.2 Å². The van der Waals surface area contributed by atoms with Crippen LogP contribution in [0.15, 0.2) is 0 Å². The van der Waals surface area contributed by atoms with Crippen LogP contribution in [0.3, 0.4) is 0 Å². The lowest BCUT2D eigenvalue weighted by atomic mass is 9.86. The second kappa shape index (κ2) is 5.69. The van der Waals surface area contributed by atoms with Gasteiger partial charge in [0, 0.05) is 12.1 Å². The van der Waals surface area contributed by atoms with Crippen molar-refractivity contribution in [3.8, 4) is 0 Å². The van der Waals surface area contributed by atoms with Crippen molar-refractivity contribution in [1.29, 1.82) is 0 Å². The zero-order valence-electron chi connectivity index (χ0n) is 10.6. The van der Waals surface area contributed by atoms with E-state index in [0.717, 1.165) is 32.1 Å². The Labute approximate surface area is 107 Å². The zero-order valence-corrected chi connectivity index (χ0v) is 10.6. The number of rotatable bonds is 3. The molecule has 0 bridgehead atoms. The predicted molar refractivity (Wildman–Crippen MR) is 66.8 cm³/mol. The van der Waals surface area contributed by atoms with Crippen molar-refractivity contribution in [2.24, 2.45) is 17.6 Å². The average molecular weight is 254 g/mol. The number of carbonyl (C=O) groups excluding carboxylic acids is 1. The third-order valence-electron chi connectivity index (χ3n) is 4.33. The minimum absolute atomic E-state index is 0.000332. The van der Waals surface area contributed by atoms with E-state index in [-0.39, 0.29) is 29.8 Å². The van der Waals surface area contributed by atoms with E-state index in [1.54, 1.807) is 0 Å². The number of hydrogen-bond donors (Lipinski definition) is 3. The second-order valence-electron chi connectivity index (χ2n) is 5.60. The smallest absolute Gasteiger partial charge is 0.306 e. The fourth-order valence-corrected chi connectivity index (χ4v) is 3.11. The van der Waals surface area contributed by atoms with Crippen LogP contribution in [0, 0.1) is 11.8 Å². The summed E-state index contributed by atoms with van der Waals surface area (Å²) in [5.41, 5.74) is 5.91. The Bertz CT molecular complexity index is 324.